The molecule has 0 radical (unpaired) electrons. The number of aromatic nitrogens is 1. The fraction of sp³-hybridized carbons (Fsp3) is 0.667. The topological polar surface area (TPSA) is 88.3 Å². The van der Waals surface area contributed by atoms with Crippen LogP contribution in [-0.2, 0) is 4.79 Å². The number of nitrogens with two attached hydrogens (primary N) is 1. The summed E-state index contributed by atoms with van der Waals surface area (Å²) < 4.78 is 0. The molecule has 1 aliphatic heterocycles. The Balaban J connectivity index is 2.04. The van der Waals surface area contributed by atoms with Crippen LogP contribution in [0, 0.1) is 13.8 Å². The maximum Gasteiger partial charge on any atom is 0.266 e. The molecule has 1 saturated heterocycles. The highest BCUT2D eigenvalue weighted by molar-refractivity contribution is 7.13. The second-order valence-electron chi connectivity index (χ2n) is 5.64. The average Bonchev–Trinajstić information content (AvgIpc) is 2.84. The van der Waals surface area contributed by atoms with Crippen molar-refractivity contribution in [3.05, 3.63) is 15.6 Å². The number of carbonyl (C=O) groups is 2. The van der Waals surface area contributed by atoms with Crippen LogP contribution in [0.25, 0.3) is 0 Å². The van der Waals surface area contributed by atoms with Crippen LogP contribution < -0.4 is 11.1 Å². The van der Waals surface area contributed by atoms with Gasteiger partial charge in [-0.1, -0.05) is 0 Å². The molecule has 122 valence electrons. The number of thiazole rings is 1. The minimum absolute atomic E-state index is 0.0425. The molecule has 0 saturated carbocycles. The van der Waals surface area contributed by atoms with Gasteiger partial charge in [0.1, 0.15) is 4.88 Å². The van der Waals surface area contributed by atoms with E-state index in [4.69, 9.17) is 5.73 Å². The first-order valence-corrected chi connectivity index (χ1v) is 8.56. The van der Waals surface area contributed by atoms with Gasteiger partial charge in [0.15, 0.2) is 0 Å². The van der Waals surface area contributed by atoms with Gasteiger partial charge in [0.25, 0.3) is 5.91 Å². The van der Waals surface area contributed by atoms with E-state index in [1.807, 2.05) is 18.7 Å². The Morgan fingerprint density at radius 3 is 2.82 bits per heavy atom. The highest BCUT2D eigenvalue weighted by Gasteiger charge is 2.29. The van der Waals surface area contributed by atoms with E-state index < -0.39 is 0 Å². The molecule has 0 aromatic carbocycles. The first kappa shape index (κ1) is 16.9. The zero-order chi connectivity index (χ0) is 16.1. The molecule has 1 fully saturated rings. The zero-order valence-corrected chi connectivity index (χ0v) is 14.0. The van der Waals surface area contributed by atoms with E-state index in [0.717, 1.165) is 41.4 Å². The number of amides is 2. The third-order valence-corrected chi connectivity index (χ3v) is 4.95. The lowest BCUT2D eigenvalue weighted by molar-refractivity contribution is -0.121. The average molecular weight is 324 g/mol. The number of rotatable bonds is 5. The van der Waals surface area contributed by atoms with Crippen molar-refractivity contribution in [2.24, 2.45) is 5.73 Å². The number of aryl methyl sites for hydroxylation is 2. The normalized spacial score (nSPS) is 18.3. The molecule has 1 atom stereocenters. The van der Waals surface area contributed by atoms with Crippen molar-refractivity contribution >= 4 is 23.2 Å². The molecule has 2 heterocycles. The summed E-state index contributed by atoms with van der Waals surface area (Å²) in [6, 6.07) is 0.0600. The second kappa shape index (κ2) is 7.69. The van der Waals surface area contributed by atoms with Crippen LogP contribution in [0.1, 0.15) is 46.1 Å². The van der Waals surface area contributed by atoms with Crippen molar-refractivity contribution in [2.45, 2.75) is 45.6 Å². The molecule has 1 aromatic rings. The van der Waals surface area contributed by atoms with Crippen molar-refractivity contribution in [1.82, 2.24) is 15.2 Å². The molecular formula is C15H24N4O2S. The molecule has 1 aromatic heterocycles. The Bertz CT molecular complexity index is 544. The molecule has 1 aliphatic rings. The number of hydrogen-bond donors (Lipinski definition) is 2. The minimum atomic E-state index is -0.0507. The Morgan fingerprint density at radius 2 is 2.18 bits per heavy atom. The van der Waals surface area contributed by atoms with Gasteiger partial charge in [-0.15, -0.1) is 11.3 Å². The number of carbonyl (C=O) groups excluding carboxylic acids is 2. The van der Waals surface area contributed by atoms with Gasteiger partial charge in [0.05, 0.1) is 10.7 Å². The summed E-state index contributed by atoms with van der Waals surface area (Å²) in [5, 5.41) is 3.79. The number of nitrogens with zero attached hydrogens (tertiary/aromatic N) is 2. The number of hydrogen-bond acceptors (Lipinski definition) is 5. The molecule has 0 spiro atoms. The number of nitrogens with one attached hydrogen (secondary N) is 1. The summed E-state index contributed by atoms with van der Waals surface area (Å²) in [7, 11) is 0. The van der Waals surface area contributed by atoms with Crippen molar-refractivity contribution < 1.29 is 9.59 Å². The molecule has 7 heteroatoms. The van der Waals surface area contributed by atoms with Crippen LogP contribution in [-0.4, -0.2) is 47.4 Å². The van der Waals surface area contributed by atoms with Crippen molar-refractivity contribution in [1.29, 1.82) is 0 Å². The largest absolute Gasteiger partial charge is 0.354 e. The summed E-state index contributed by atoms with van der Waals surface area (Å²) in [5.41, 5.74) is 6.17. The van der Waals surface area contributed by atoms with E-state index in [9.17, 15) is 9.59 Å². The smallest absolute Gasteiger partial charge is 0.266 e. The van der Waals surface area contributed by atoms with E-state index in [2.05, 4.69) is 10.3 Å². The summed E-state index contributed by atoms with van der Waals surface area (Å²) in [5.74, 6) is -0.00818. The molecule has 2 rings (SSSR count). The summed E-state index contributed by atoms with van der Waals surface area (Å²) in [6.07, 6.45) is 3.34. The lowest BCUT2D eigenvalue weighted by atomic mass is 10.0. The highest BCUT2D eigenvalue weighted by Crippen LogP contribution is 2.24. The Kier molecular flexibility index (Phi) is 5.90. The Labute approximate surface area is 135 Å². The SMILES string of the molecule is Cc1nc(C)c(C(=O)N2CCCCC2CNC(=O)CCN)s1. The molecular weight excluding hydrogens is 300 g/mol. The monoisotopic (exact) mass is 324 g/mol. The molecule has 6 nitrogen and oxygen atoms in total. The van der Waals surface area contributed by atoms with E-state index >= 15 is 0 Å². The first-order chi connectivity index (χ1) is 10.5. The highest BCUT2D eigenvalue weighted by atomic mass is 32.1. The van der Waals surface area contributed by atoms with Gasteiger partial charge in [0, 0.05) is 32.1 Å². The van der Waals surface area contributed by atoms with Crippen LogP contribution in [0.5, 0.6) is 0 Å². The Hall–Kier alpha value is -1.47. The van der Waals surface area contributed by atoms with Crippen LogP contribution >= 0.6 is 11.3 Å². The molecule has 22 heavy (non-hydrogen) atoms. The maximum absolute atomic E-state index is 12.8. The van der Waals surface area contributed by atoms with Gasteiger partial charge in [-0.2, -0.15) is 0 Å². The third kappa shape index (κ3) is 4.04. The molecule has 0 aliphatic carbocycles. The van der Waals surface area contributed by atoms with Crippen molar-refractivity contribution in [2.75, 3.05) is 19.6 Å². The second-order valence-corrected chi connectivity index (χ2v) is 6.84. The van der Waals surface area contributed by atoms with Crippen molar-refractivity contribution in [3.63, 3.8) is 0 Å². The van der Waals surface area contributed by atoms with Crippen LogP contribution in [0.15, 0.2) is 0 Å². The quantitative estimate of drug-likeness (QED) is 0.852. The summed E-state index contributed by atoms with van der Waals surface area (Å²) in [6.45, 7) is 5.38. The van der Waals surface area contributed by atoms with Gasteiger partial charge in [0.2, 0.25) is 5.91 Å². The van der Waals surface area contributed by atoms with E-state index in [-0.39, 0.29) is 17.9 Å². The molecule has 0 bridgehead atoms. The van der Waals surface area contributed by atoms with Crippen molar-refractivity contribution in [3.8, 4) is 0 Å². The predicted octanol–water partition coefficient (Wildman–Crippen LogP) is 1.22. The van der Waals surface area contributed by atoms with Gasteiger partial charge in [-0.3, -0.25) is 9.59 Å². The predicted molar refractivity (Wildman–Crippen MR) is 86.9 cm³/mol. The fourth-order valence-electron chi connectivity index (χ4n) is 2.79. The fourth-order valence-corrected chi connectivity index (χ4v) is 3.67. The lowest BCUT2D eigenvalue weighted by Gasteiger charge is -2.35. The first-order valence-electron chi connectivity index (χ1n) is 7.74. The van der Waals surface area contributed by atoms with Gasteiger partial charge in [-0.05, 0) is 33.1 Å². The minimum Gasteiger partial charge on any atom is -0.354 e. The van der Waals surface area contributed by atoms with Gasteiger partial charge >= 0.3 is 0 Å². The number of likely N-dealkylation sites (tertiary alicyclic amines) is 1. The molecule has 2 amide bonds. The summed E-state index contributed by atoms with van der Waals surface area (Å²) in [4.78, 5) is 31.3. The molecule has 3 N–H and O–H groups in total. The van der Waals surface area contributed by atoms with Crippen LogP contribution in [0.4, 0.5) is 0 Å². The lowest BCUT2D eigenvalue weighted by Crippen LogP contribution is -2.49. The van der Waals surface area contributed by atoms with Gasteiger partial charge in [-0.25, -0.2) is 4.98 Å². The number of piperidine rings is 1. The standard InChI is InChI=1S/C15H24N4O2S/c1-10-14(22-11(2)18-10)15(21)19-8-4-3-5-12(19)9-17-13(20)6-7-16/h12H,3-9,16H2,1-2H3,(H,17,20). The van der Waals surface area contributed by atoms with E-state index in [1.54, 1.807) is 0 Å². The van der Waals surface area contributed by atoms with Gasteiger partial charge < -0.3 is 16.0 Å². The zero-order valence-electron chi connectivity index (χ0n) is 13.2. The van der Waals surface area contributed by atoms with Crippen LogP contribution in [0.3, 0.4) is 0 Å². The maximum atomic E-state index is 12.8. The van der Waals surface area contributed by atoms with E-state index in [0.29, 0.717) is 19.5 Å². The third-order valence-electron chi connectivity index (χ3n) is 3.89. The molecule has 1 unspecified atom stereocenters. The van der Waals surface area contributed by atoms with Crippen LogP contribution in [0.2, 0.25) is 0 Å². The van der Waals surface area contributed by atoms with E-state index in [1.165, 1.54) is 11.3 Å². The summed E-state index contributed by atoms with van der Waals surface area (Å²) >= 11 is 1.44. The Morgan fingerprint density at radius 1 is 1.41 bits per heavy atom.